The van der Waals surface area contributed by atoms with Gasteiger partial charge in [-0.25, -0.2) is 0 Å². The van der Waals surface area contributed by atoms with E-state index >= 15 is 0 Å². The maximum absolute atomic E-state index is 12.0. The van der Waals surface area contributed by atoms with Gasteiger partial charge in [-0.2, -0.15) is 0 Å². The zero-order valence-electron chi connectivity index (χ0n) is 11.9. The lowest BCUT2D eigenvalue weighted by atomic mass is 10.1. The van der Waals surface area contributed by atoms with E-state index in [1.54, 1.807) is 13.0 Å². The first-order valence-corrected chi connectivity index (χ1v) is 7.04. The van der Waals surface area contributed by atoms with Crippen molar-refractivity contribution in [2.75, 3.05) is 0 Å². The number of alkyl halides is 1. The van der Waals surface area contributed by atoms with Crippen LogP contribution in [0.2, 0.25) is 0 Å². The molecule has 0 saturated heterocycles. The van der Waals surface area contributed by atoms with Gasteiger partial charge in [0, 0.05) is 12.1 Å². The van der Waals surface area contributed by atoms with Crippen LogP contribution in [-0.4, -0.2) is 5.91 Å². The maximum Gasteiger partial charge on any atom is 0.287 e. The minimum absolute atomic E-state index is 0.218. The molecule has 0 radical (unpaired) electrons. The summed E-state index contributed by atoms with van der Waals surface area (Å²) >= 11 is 5.77. The van der Waals surface area contributed by atoms with Crippen molar-refractivity contribution in [2.24, 2.45) is 0 Å². The van der Waals surface area contributed by atoms with Gasteiger partial charge in [-0.3, -0.25) is 4.79 Å². The maximum atomic E-state index is 12.0. The second kappa shape index (κ2) is 6.14. The van der Waals surface area contributed by atoms with Gasteiger partial charge < -0.3 is 9.73 Å². The Hall–Kier alpha value is -1.74. The highest BCUT2D eigenvalue weighted by molar-refractivity contribution is 6.17. The summed E-state index contributed by atoms with van der Waals surface area (Å²) in [5, 5.41) is 2.86. The number of carbonyl (C=O) groups excluding carboxylic acids is 1. The second-order valence-electron chi connectivity index (χ2n) is 4.94. The Balaban J connectivity index is 2.04. The highest BCUT2D eigenvalue weighted by Gasteiger charge is 2.13. The third-order valence-electron chi connectivity index (χ3n) is 3.33. The number of furan rings is 1. The largest absolute Gasteiger partial charge is 0.456 e. The summed E-state index contributed by atoms with van der Waals surface area (Å²) in [5.74, 6) is 1.13. The lowest BCUT2D eigenvalue weighted by molar-refractivity contribution is 0.0922. The first-order chi connectivity index (χ1) is 9.51. The van der Waals surface area contributed by atoms with Crippen LogP contribution in [0.15, 0.2) is 28.7 Å². The molecule has 4 heteroatoms. The van der Waals surface area contributed by atoms with E-state index in [0.717, 1.165) is 11.1 Å². The van der Waals surface area contributed by atoms with Crippen molar-refractivity contribution >= 4 is 17.5 Å². The molecule has 0 fully saturated rings. The molecule has 0 unspecified atom stereocenters. The molecule has 20 heavy (non-hydrogen) atoms. The van der Waals surface area contributed by atoms with Crippen molar-refractivity contribution in [2.45, 2.75) is 33.2 Å². The van der Waals surface area contributed by atoms with E-state index in [4.69, 9.17) is 16.0 Å². The number of carbonyl (C=O) groups is 1. The lowest BCUT2D eigenvalue weighted by Crippen LogP contribution is -2.22. The molecular formula is C16H18ClNO2. The Morgan fingerprint density at radius 2 is 1.95 bits per heavy atom. The molecule has 3 nitrogen and oxygen atoms in total. The number of rotatable bonds is 4. The van der Waals surface area contributed by atoms with Crippen LogP contribution in [0.1, 0.15) is 38.6 Å². The number of hydrogen-bond donors (Lipinski definition) is 1. The molecule has 2 rings (SSSR count). The highest BCUT2D eigenvalue weighted by Crippen LogP contribution is 2.17. The summed E-state index contributed by atoms with van der Waals surface area (Å²) in [5.41, 5.74) is 4.33. The minimum Gasteiger partial charge on any atom is -0.456 e. The summed E-state index contributed by atoms with van der Waals surface area (Å²) in [7, 11) is 0. The fourth-order valence-electron chi connectivity index (χ4n) is 2.07. The molecule has 0 aliphatic carbocycles. The van der Waals surface area contributed by atoms with E-state index in [-0.39, 0.29) is 5.91 Å². The predicted molar refractivity (Wildman–Crippen MR) is 80.1 cm³/mol. The van der Waals surface area contributed by atoms with Crippen LogP contribution in [0, 0.1) is 20.8 Å². The standard InChI is InChI=1S/C16H18ClNO2/c1-10-4-5-13(11(2)6-10)9-18-16(19)15-7-14(8-17)12(3)20-15/h4-7H,8-9H2,1-3H3,(H,18,19). The average Bonchev–Trinajstić information content (AvgIpc) is 2.79. The summed E-state index contributed by atoms with van der Waals surface area (Å²) in [4.78, 5) is 12.0. The summed E-state index contributed by atoms with van der Waals surface area (Å²) in [6, 6.07) is 7.86. The van der Waals surface area contributed by atoms with Crippen LogP contribution in [0.5, 0.6) is 0 Å². The van der Waals surface area contributed by atoms with Crippen molar-refractivity contribution in [3.05, 3.63) is 58.0 Å². The predicted octanol–water partition coefficient (Wildman–Crippen LogP) is 3.87. The monoisotopic (exact) mass is 291 g/mol. The first kappa shape index (κ1) is 14.7. The highest BCUT2D eigenvalue weighted by atomic mass is 35.5. The lowest BCUT2D eigenvalue weighted by Gasteiger charge is -2.07. The van der Waals surface area contributed by atoms with E-state index in [1.807, 2.05) is 19.1 Å². The molecule has 0 aliphatic rings. The molecule has 2 aromatic rings. The first-order valence-electron chi connectivity index (χ1n) is 6.51. The number of nitrogens with one attached hydrogen (secondary N) is 1. The Kier molecular flexibility index (Phi) is 4.50. The topological polar surface area (TPSA) is 42.2 Å². The zero-order valence-corrected chi connectivity index (χ0v) is 12.7. The summed E-state index contributed by atoms with van der Waals surface area (Å²) in [6.07, 6.45) is 0. The second-order valence-corrected chi connectivity index (χ2v) is 5.21. The van der Waals surface area contributed by atoms with E-state index in [0.29, 0.717) is 23.9 Å². The third-order valence-corrected chi connectivity index (χ3v) is 3.61. The van der Waals surface area contributed by atoms with Gasteiger partial charge in [0.05, 0.1) is 5.88 Å². The Morgan fingerprint density at radius 1 is 1.20 bits per heavy atom. The van der Waals surface area contributed by atoms with E-state index in [2.05, 4.69) is 18.3 Å². The van der Waals surface area contributed by atoms with Crippen LogP contribution in [-0.2, 0) is 12.4 Å². The van der Waals surface area contributed by atoms with Crippen molar-refractivity contribution in [3.63, 3.8) is 0 Å². The molecule has 0 spiro atoms. The normalized spacial score (nSPS) is 10.6. The molecule has 106 valence electrons. The molecule has 1 amide bonds. The van der Waals surface area contributed by atoms with Gasteiger partial charge in [0.2, 0.25) is 0 Å². The molecule has 1 aromatic carbocycles. The van der Waals surface area contributed by atoms with Gasteiger partial charge >= 0.3 is 0 Å². The molecule has 1 N–H and O–H groups in total. The van der Waals surface area contributed by atoms with Gasteiger partial charge in [0.1, 0.15) is 5.76 Å². The average molecular weight is 292 g/mol. The Morgan fingerprint density at radius 3 is 2.55 bits per heavy atom. The Bertz CT molecular complexity index is 631. The molecule has 0 bridgehead atoms. The van der Waals surface area contributed by atoms with Crippen LogP contribution in [0.3, 0.4) is 0 Å². The van der Waals surface area contributed by atoms with Crippen molar-refractivity contribution in [3.8, 4) is 0 Å². The van der Waals surface area contributed by atoms with Gasteiger partial charge in [-0.05, 0) is 38.0 Å². The molecule has 1 aromatic heterocycles. The molecule has 0 atom stereocenters. The van der Waals surface area contributed by atoms with Crippen LogP contribution in [0.4, 0.5) is 0 Å². The van der Waals surface area contributed by atoms with E-state index in [9.17, 15) is 4.79 Å². The number of hydrogen-bond acceptors (Lipinski definition) is 2. The fraction of sp³-hybridized carbons (Fsp3) is 0.312. The summed E-state index contributed by atoms with van der Waals surface area (Å²) in [6.45, 7) is 6.38. The fourth-order valence-corrected chi connectivity index (χ4v) is 2.34. The molecule has 0 saturated carbocycles. The molecular weight excluding hydrogens is 274 g/mol. The zero-order chi connectivity index (χ0) is 14.7. The number of benzene rings is 1. The quantitative estimate of drug-likeness (QED) is 0.869. The van der Waals surface area contributed by atoms with E-state index in [1.165, 1.54) is 11.1 Å². The number of amides is 1. The van der Waals surface area contributed by atoms with Crippen LogP contribution in [0.25, 0.3) is 0 Å². The van der Waals surface area contributed by atoms with E-state index < -0.39 is 0 Å². The Labute approximate surface area is 123 Å². The van der Waals surface area contributed by atoms with Gasteiger partial charge in [-0.15, -0.1) is 11.6 Å². The van der Waals surface area contributed by atoms with Crippen LogP contribution < -0.4 is 5.32 Å². The molecule has 1 heterocycles. The number of aryl methyl sites for hydroxylation is 3. The smallest absolute Gasteiger partial charge is 0.287 e. The molecule has 0 aliphatic heterocycles. The van der Waals surface area contributed by atoms with Gasteiger partial charge in [-0.1, -0.05) is 23.8 Å². The number of halogens is 1. The van der Waals surface area contributed by atoms with Crippen molar-refractivity contribution in [1.29, 1.82) is 0 Å². The minimum atomic E-state index is -0.218. The SMILES string of the molecule is Cc1ccc(CNC(=O)c2cc(CCl)c(C)o2)c(C)c1. The van der Waals surface area contributed by atoms with Crippen LogP contribution >= 0.6 is 11.6 Å². The third kappa shape index (κ3) is 3.23. The summed E-state index contributed by atoms with van der Waals surface area (Å²) < 4.78 is 5.41. The van der Waals surface area contributed by atoms with Crippen molar-refractivity contribution in [1.82, 2.24) is 5.32 Å². The van der Waals surface area contributed by atoms with Gasteiger partial charge in [0.25, 0.3) is 5.91 Å². The van der Waals surface area contributed by atoms with Crippen molar-refractivity contribution < 1.29 is 9.21 Å². The van der Waals surface area contributed by atoms with Gasteiger partial charge in [0.15, 0.2) is 5.76 Å².